The van der Waals surface area contributed by atoms with E-state index in [0.29, 0.717) is 0 Å². The molecule has 0 amide bonds. The Bertz CT molecular complexity index is 483. The molecule has 0 atom stereocenters. The molecule has 2 N–H and O–H groups in total. The van der Waals surface area contributed by atoms with Crippen molar-refractivity contribution >= 4 is 10.1 Å². The minimum atomic E-state index is -3.76. The highest BCUT2D eigenvalue weighted by atomic mass is 32.2. The average Bonchev–Trinajstić information content (AvgIpc) is 2.18. The van der Waals surface area contributed by atoms with Crippen LogP contribution >= 0.6 is 0 Å². The number of benzene rings is 1. The fraction of sp³-hybridized carbons (Fsp3) is 0.333. The van der Waals surface area contributed by atoms with Gasteiger partial charge in [-0.25, -0.2) is 4.39 Å². The molecule has 90 valence electrons. The van der Waals surface area contributed by atoms with E-state index in [2.05, 4.69) is 4.18 Å². The Morgan fingerprint density at radius 3 is 2.25 bits per heavy atom. The molecule has 1 rings (SSSR count). The smallest absolute Gasteiger partial charge is 0.306 e. The second-order valence-electron chi connectivity index (χ2n) is 3.11. The molecule has 1 aromatic rings. The maximum atomic E-state index is 13.2. The Morgan fingerprint density at radius 1 is 1.25 bits per heavy atom. The van der Waals surface area contributed by atoms with Crippen LogP contribution in [0.25, 0.3) is 0 Å². The quantitative estimate of drug-likeness (QED) is 0.743. The third-order valence-electron chi connectivity index (χ3n) is 1.89. The van der Waals surface area contributed by atoms with Crippen molar-refractivity contribution in [1.82, 2.24) is 0 Å². The van der Waals surface area contributed by atoms with Crippen LogP contribution in [0.5, 0.6) is 5.75 Å². The lowest BCUT2D eigenvalue weighted by atomic mass is 10.1. The average molecular weight is 250 g/mol. The highest BCUT2D eigenvalue weighted by molar-refractivity contribution is 7.86. The summed E-state index contributed by atoms with van der Waals surface area (Å²) in [5, 5.41) is 17.9. The Labute approximate surface area is 92.2 Å². The predicted octanol–water partition coefficient (Wildman–Crippen LogP) is 0.149. The zero-order chi connectivity index (χ0) is 12.3. The van der Waals surface area contributed by atoms with E-state index in [4.69, 9.17) is 10.2 Å². The van der Waals surface area contributed by atoms with Crippen LogP contribution in [0, 0.1) is 5.82 Å². The standard InChI is InChI=1S/C9H11FO5S/c1-16(13,14)15-9-3-2-8(10)6(4-11)7(9)5-12/h2-3,11-12H,4-5H2,1H3. The Kier molecular flexibility index (Phi) is 3.84. The largest absolute Gasteiger partial charge is 0.392 e. The number of halogens is 1. The molecule has 0 saturated carbocycles. The first-order valence-corrected chi connectivity index (χ1v) is 6.12. The third kappa shape index (κ3) is 2.91. The van der Waals surface area contributed by atoms with E-state index in [0.717, 1.165) is 18.4 Å². The molecule has 0 fully saturated rings. The van der Waals surface area contributed by atoms with Crippen molar-refractivity contribution in [3.05, 3.63) is 29.1 Å². The van der Waals surface area contributed by atoms with E-state index in [1.54, 1.807) is 0 Å². The van der Waals surface area contributed by atoms with Crippen molar-refractivity contribution in [2.45, 2.75) is 13.2 Å². The van der Waals surface area contributed by atoms with Gasteiger partial charge in [0, 0.05) is 11.1 Å². The molecule has 0 spiro atoms. The van der Waals surface area contributed by atoms with Gasteiger partial charge in [0.15, 0.2) is 0 Å². The van der Waals surface area contributed by atoms with Gasteiger partial charge >= 0.3 is 10.1 Å². The number of aliphatic hydroxyl groups excluding tert-OH is 2. The van der Waals surface area contributed by atoms with Gasteiger partial charge in [0.05, 0.1) is 19.5 Å². The summed E-state index contributed by atoms with van der Waals surface area (Å²) >= 11 is 0. The summed E-state index contributed by atoms with van der Waals surface area (Å²) in [7, 11) is -3.76. The van der Waals surface area contributed by atoms with E-state index in [1.807, 2.05) is 0 Å². The minimum Gasteiger partial charge on any atom is -0.392 e. The van der Waals surface area contributed by atoms with Crippen molar-refractivity contribution in [2.75, 3.05) is 6.26 Å². The first kappa shape index (κ1) is 12.9. The number of rotatable bonds is 4. The lowest BCUT2D eigenvalue weighted by Crippen LogP contribution is -2.10. The summed E-state index contributed by atoms with van der Waals surface area (Å²) in [5.41, 5.74) is -0.253. The monoisotopic (exact) mass is 250 g/mol. The molecule has 0 aliphatic carbocycles. The van der Waals surface area contributed by atoms with E-state index >= 15 is 0 Å². The lowest BCUT2D eigenvalue weighted by Gasteiger charge is -2.11. The molecule has 16 heavy (non-hydrogen) atoms. The van der Waals surface area contributed by atoms with Crippen LogP contribution in [0.15, 0.2) is 12.1 Å². The molecule has 0 aliphatic heterocycles. The summed E-state index contributed by atoms with van der Waals surface area (Å²) < 4.78 is 39.5. The van der Waals surface area contributed by atoms with Crippen molar-refractivity contribution in [2.24, 2.45) is 0 Å². The summed E-state index contributed by atoms with van der Waals surface area (Å²) in [6.07, 6.45) is 0.829. The van der Waals surface area contributed by atoms with Crippen LogP contribution < -0.4 is 4.18 Å². The van der Waals surface area contributed by atoms with Crippen LogP contribution in [0.3, 0.4) is 0 Å². The fourth-order valence-corrected chi connectivity index (χ4v) is 1.71. The van der Waals surface area contributed by atoms with E-state index in [9.17, 15) is 12.8 Å². The van der Waals surface area contributed by atoms with Crippen LogP contribution in [0.4, 0.5) is 4.39 Å². The van der Waals surface area contributed by atoms with Crippen molar-refractivity contribution in [3.63, 3.8) is 0 Å². The van der Waals surface area contributed by atoms with Gasteiger partial charge in [0.2, 0.25) is 0 Å². The molecule has 0 radical (unpaired) electrons. The normalized spacial score (nSPS) is 11.5. The number of hydrogen-bond acceptors (Lipinski definition) is 5. The topological polar surface area (TPSA) is 83.8 Å². The Morgan fingerprint density at radius 2 is 1.81 bits per heavy atom. The summed E-state index contributed by atoms with van der Waals surface area (Å²) in [6.45, 7) is -1.28. The zero-order valence-electron chi connectivity index (χ0n) is 8.47. The predicted molar refractivity (Wildman–Crippen MR) is 53.7 cm³/mol. The zero-order valence-corrected chi connectivity index (χ0v) is 9.29. The molecule has 0 bridgehead atoms. The second-order valence-corrected chi connectivity index (χ2v) is 4.68. The van der Waals surface area contributed by atoms with Crippen LogP contribution in [-0.2, 0) is 23.3 Å². The second kappa shape index (κ2) is 4.77. The van der Waals surface area contributed by atoms with Crippen molar-refractivity contribution in [1.29, 1.82) is 0 Å². The fourth-order valence-electron chi connectivity index (χ4n) is 1.23. The molecular formula is C9H11FO5S. The highest BCUT2D eigenvalue weighted by Crippen LogP contribution is 2.26. The molecule has 0 unspecified atom stereocenters. The first-order chi connectivity index (χ1) is 7.39. The first-order valence-electron chi connectivity index (χ1n) is 4.30. The highest BCUT2D eigenvalue weighted by Gasteiger charge is 2.16. The molecular weight excluding hydrogens is 239 g/mol. The van der Waals surface area contributed by atoms with Gasteiger partial charge in [-0.15, -0.1) is 0 Å². The maximum absolute atomic E-state index is 13.2. The van der Waals surface area contributed by atoms with Gasteiger partial charge in [-0.3, -0.25) is 0 Å². The third-order valence-corrected chi connectivity index (χ3v) is 2.37. The number of aliphatic hydroxyl groups is 2. The lowest BCUT2D eigenvalue weighted by molar-refractivity contribution is 0.252. The van der Waals surface area contributed by atoms with Gasteiger partial charge in [0.1, 0.15) is 11.6 Å². The van der Waals surface area contributed by atoms with Crippen molar-refractivity contribution < 1.29 is 27.2 Å². The van der Waals surface area contributed by atoms with Gasteiger partial charge in [-0.05, 0) is 12.1 Å². The van der Waals surface area contributed by atoms with Crippen LogP contribution in [-0.4, -0.2) is 24.9 Å². The molecule has 0 saturated heterocycles. The minimum absolute atomic E-state index is 0.0760. The SMILES string of the molecule is CS(=O)(=O)Oc1ccc(F)c(CO)c1CO. The number of hydrogen-bond donors (Lipinski definition) is 2. The van der Waals surface area contributed by atoms with E-state index < -0.39 is 29.1 Å². The van der Waals surface area contributed by atoms with Crippen LogP contribution in [0.1, 0.15) is 11.1 Å². The maximum Gasteiger partial charge on any atom is 0.306 e. The molecule has 5 nitrogen and oxygen atoms in total. The van der Waals surface area contributed by atoms with Gasteiger partial charge in [-0.1, -0.05) is 0 Å². The Balaban J connectivity index is 3.30. The van der Waals surface area contributed by atoms with Gasteiger partial charge in [-0.2, -0.15) is 8.42 Å². The molecule has 1 aromatic carbocycles. The van der Waals surface area contributed by atoms with E-state index in [1.165, 1.54) is 0 Å². The summed E-state index contributed by atoms with van der Waals surface area (Å²) in [5.74, 6) is -0.914. The molecule has 7 heteroatoms. The molecule has 0 heterocycles. The summed E-state index contributed by atoms with van der Waals surface area (Å²) in [6, 6.07) is 2.05. The van der Waals surface area contributed by atoms with Crippen LogP contribution in [0.2, 0.25) is 0 Å². The van der Waals surface area contributed by atoms with Crippen molar-refractivity contribution in [3.8, 4) is 5.75 Å². The van der Waals surface area contributed by atoms with Gasteiger partial charge < -0.3 is 14.4 Å². The Hall–Kier alpha value is -1.18. The van der Waals surface area contributed by atoms with E-state index in [-0.39, 0.29) is 16.9 Å². The summed E-state index contributed by atoms with van der Waals surface area (Å²) in [4.78, 5) is 0. The van der Waals surface area contributed by atoms with Gasteiger partial charge in [0.25, 0.3) is 0 Å². The molecule has 0 aromatic heterocycles. The molecule has 0 aliphatic rings.